The van der Waals surface area contributed by atoms with E-state index >= 15 is 0 Å². The normalized spacial score (nSPS) is 24.6. The summed E-state index contributed by atoms with van der Waals surface area (Å²) in [5.41, 5.74) is 0.734. The minimum absolute atomic E-state index is 0.229. The number of benzene rings is 1. The van der Waals surface area contributed by atoms with Gasteiger partial charge in [0, 0.05) is 6.04 Å². The quantitative estimate of drug-likeness (QED) is 0.843. The van der Waals surface area contributed by atoms with Gasteiger partial charge in [-0.3, -0.25) is 0 Å². The summed E-state index contributed by atoms with van der Waals surface area (Å²) < 4.78 is 14.0. The maximum atomic E-state index is 14.0. The van der Waals surface area contributed by atoms with Gasteiger partial charge in [0.15, 0.2) is 0 Å². The van der Waals surface area contributed by atoms with Gasteiger partial charge in [-0.1, -0.05) is 44.0 Å². The van der Waals surface area contributed by atoms with Crippen LogP contribution in [-0.2, 0) is 6.42 Å². The van der Waals surface area contributed by atoms with Crippen LogP contribution in [0.1, 0.15) is 38.7 Å². The highest BCUT2D eigenvalue weighted by Gasteiger charge is 2.29. The standard InChI is InChI=1S/C16H23ClFN/c1-3-19-15(12-8-7-11(2)9-12)10-13-5-4-6-14(17)16(13)18/h4-6,11-12,15,19H,3,7-10H2,1-2H3. The molecular weight excluding hydrogens is 261 g/mol. The van der Waals surface area contributed by atoms with Gasteiger partial charge in [0.25, 0.3) is 0 Å². The predicted octanol–water partition coefficient (Wildman–Crippen LogP) is 4.44. The van der Waals surface area contributed by atoms with Gasteiger partial charge in [0.2, 0.25) is 0 Å². The molecule has 0 spiro atoms. The molecule has 1 saturated carbocycles. The molecule has 0 aromatic heterocycles. The summed E-state index contributed by atoms with van der Waals surface area (Å²) in [6, 6.07) is 5.66. The summed E-state index contributed by atoms with van der Waals surface area (Å²) in [5, 5.41) is 3.76. The summed E-state index contributed by atoms with van der Waals surface area (Å²) in [7, 11) is 0. The molecule has 0 radical (unpaired) electrons. The van der Waals surface area contributed by atoms with E-state index in [4.69, 9.17) is 11.6 Å². The second kappa shape index (κ2) is 6.71. The van der Waals surface area contributed by atoms with Crippen LogP contribution in [0.15, 0.2) is 18.2 Å². The number of rotatable bonds is 5. The van der Waals surface area contributed by atoms with Crippen LogP contribution in [0, 0.1) is 17.7 Å². The molecule has 0 bridgehead atoms. The third-order valence-electron chi connectivity index (χ3n) is 4.24. The van der Waals surface area contributed by atoms with Crippen LogP contribution in [0.25, 0.3) is 0 Å². The number of hydrogen-bond acceptors (Lipinski definition) is 1. The summed E-state index contributed by atoms with van der Waals surface area (Å²) in [6.07, 6.45) is 4.53. The van der Waals surface area contributed by atoms with Gasteiger partial charge in [-0.05, 0) is 49.3 Å². The van der Waals surface area contributed by atoms with Crippen molar-refractivity contribution in [1.82, 2.24) is 5.32 Å². The summed E-state index contributed by atoms with van der Waals surface area (Å²) >= 11 is 5.86. The summed E-state index contributed by atoms with van der Waals surface area (Å²) in [6.45, 7) is 5.35. The second-order valence-corrected chi connectivity index (χ2v) is 6.17. The van der Waals surface area contributed by atoms with Crippen molar-refractivity contribution in [2.75, 3.05) is 6.54 Å². The number of likely N-dealkylation sites (N-methyl/N-ethyl adjacent to an activating group) is 1. The minimum atomic E-state index is -0.252. The van der Waals surface area contributed by atoms with Gasteiger partial charge >= 0.3 is 0 Å². The zero-order chi connectivity index (χ0) is 13.8. The molecule has 1 N–H and O–H groups in total. The highest BCUT2D eigenvalue weighted by atomic mass is 35.5. The lowest BCUT2D eigenvalue weighted by molar-refractivity contribution is 0.350. The molecule has 3 unspecified atom stereocenters. The molecule has 0 amide bonds. The Labute approximate surface area is 120 Å². The van der Waals surface area contributed by atoms with Crippen LogP contribution in [0.4, 0.5) is 4.39 Å². The van der Waals surface area contributed by atoms with E-state index in [1.807, 2.05) is 12.1 Å². The molecule has 1 aliphatic carbocycles. The third kappa shape index (κ3) is 3.70. The van der Waals surface area contributed by atoms with E-state index in [2.05, 4.69) is 19.2 Å². The van der Waals surface area contributed by atoms with Crippen LogP contribution in [0.5, 0.6) is 0 Å². The van der Waals surface area contributed by atoms with E-state index in [-0.39, 0.29) is 10.8 Å². The number of hydrogen-bond donors (Lipinski definition) is 1. The van der Waals surface area contributed by atoms with Crippen molar-refractivity contribution < 1.29 is 4.39 Å². The van der Waals surface area contributed by atoms with Crippen molar-refractivity contribution in [3.8, 4) is 0 Å². The van der Waals surface area contributed by atoms with Crippen LogP contribution in [0.2, 0.25) is 5.02 Å². The van der Waals surface area contributed by atoms with Gasteiger partial charge in [0.1, 0.15) is 5.82 Å². The van der Waals surface area contributed by atoms with Crippen molar-refractivity contribution in [2.24, 2.45) is 11.8 Å². The number of nitrogens with one attached hydrogen (secondary N) is 1. The molecule has 1 nitrogen and oxygen atoms in total. The van der Waals surface area contributed by atoms with Gasteiger partial charge in [-0.2, -0.15) is 0 Å². The molecule has 19 heavy (non-hydrogen) atoms. The fourth-order valence-electron chi connectivity index (χ4n) is 3.23. The average Bonchev–Trinajstić information content (AvgIpc) is 2.81. The highest BCUT2D eigenvalue weighted by Crippen LogP contribution is 2.34. The molecule has 1 aromatic rings. The first kappa shape index (κ1) is 14.8. The van der Waals surface area contributed by atoms with E-state index in [0.717, 1.165) is 24.4 Å². The van der Waals surface area contributed by atoms with Crippen molar-refractivity contribution in [3.63, 3.8) is 0 Å². The molecule has 2 rings (SSSR count). The van der Waals surface area contributed by atoms with E-state index in [1.165, 1.54) is 19.3 Å². The lowest BCUT2D eigenvalue weighted by atomic mass is 9.91. The molecule has 0 saturated heterocycles. The molecule has 106 valence electrons. The van der Waals surface area contributed by atoms with Crippen LogP contribution < -0.4 is 5.32 Å². The maximum absolute atomic E-state index is 14.0. The number of halogens is 2. The first-order valence-corrected chi connectivity index (χ1v) is 7.65. The fraction of sp³-hybridized carbons (Fsp3) is 0.625. The Kier molecular flexibility index (Phi) is 5.23. The Bertz CT molecular complexity index is 421. The van der Waals surface area contributed by atoms with E-state index in [9.17, 15) is 4.39 Å². The van der Waals surface area contributed by atoms with Gasteiger partial charge < -0.3 is 5.32 Å². The Balaban J connectivity index is 2.09. The topological polar surface area (TPSA) is 12.0 Å². The third-order valence-corrected chi connectivity index (χ3v) is 4.53. The highest BCUT2D eigenvalue weighted by molar-refractivity contribution is 6.30. The van der Waals surface area contributed by atoms with Crippen molar-refractivity contribution in [3.05, 3.63) is 34.6 Å². The second-order valence-electron chi connectivity index (χ2n) is 5.76. The van der Waals surface area contributed by atoms with Gasteiger partial charge in [-0.15, -0.1) is 0 Å². The zero-order valence-electron chi connectivity index (χ0n) is 11.8. The predicted molar refractivity (Wildman–Crippen MR) is 79.1 cm³/mol. The van der Waals surface area contributed by atoms with Crippen LogP contribution in [-0.4, -0.2) is 12.6 Å². The van der Waals surface area contributed by atoms with E-state index in [0.29, 0.717) is 12.0 Å². The monoisotopic (exact) mass is 283 g/mol. The molecule has 3 heteroatoms. The van der Waals surface area contributed by atoms with Crippen molar-refractivity contribution >= 4 is 11.6 Å². The molecule has 3 atom stereocenters. The van der Waals surface area contributed by atoms with E-state index < -0.39 is 0 Å². The maximum Gasteiger partial charge on any atom is 0.145 e. The summed E-state index contributed by atoms with van der Waals surface area (Å²) in [4.78, 5) is 0. The van der Waals surface area contributed by atoms with Crippen LogP contribution in [0.3, 0.4) is 0 Å². The Morgan fingerprint density at radius 2 is 2.21 bits per heavy atom. The molecule has 0 heterocycles. The molecule has 1 aliphatic rings. The first-order chi connectivity index (χ1) is 9.11. The van der Waals surface area contributed by atoms with Gasteiger partial charge in [0.05, 0.1) is 5.02 Å². The van der Waals surface area contributed by atoms with Crippen molar-refractivity contribution in [2.45, 2.75) is 45.6 Å². The van der Waals surface area contributed by atoms with Crippen molar-refractivity contribution in [1.29, 1.82) is 0 Å². The Morgan fingerprint density at radius 1 is 1.42 bits per heavy atom. The molecule has 0 aliphatic heterocycles. The Hall–Kier alpha value is -0.600. The molecule has 1 aromatic carbocycles. The molecular formula is C16H23ClFN. The average molecular weight is 284 g/mol. The Morgan fingerprint density at radius 3 is 2.84 bits per heavy atom. The van der Waals surface area contributed by atoms with Gasteiger partial charge in [-0.25, -0.2) is 4.39 Å². The smallest absolute Gasteiger partial charge is 0.145 e. The van der Waals surface area contributed by atoms with Crippen LogP contribution >= 0.6 is 11.6 Å². The lowest BCUT2D eigenvalue weighted by Gasteiger charge is -2.25. The largest absolute Gasteiger partial charge is 0.314 e. The molecule has 1 fully saturated rings. The lowest BCUT2D eigenvalue weighted by Crippen LogP contribution is -2.37. The van der Waals surface area contributed by atoms with E-state index in [1.54, 1.807) is 6.07 Å². The SMILES string of the molecule is CCNC(Cc1cccc(Cl)c1F)C1CCC(C)C1. The first-order valence-electron chi connectivity index (χ1n) is 7.28. The minimum Gasteiger partial charge on any atom is -0.314 e. The summed E-state index contributed by atoms with van der Waals surface area (Å²) in [5.74, 6) is 1.21. The fourth-order valence-corrected chi connectivity index (χ4v) is 3.42. The zero-order valence-corrected chi connectivity index (χ0v) is 12.5.